The summed E-state index contributed by atoms with van der Waals surface area (Å²) < 4.78 is 0. The fraction of sp³-hybridized carbons (Fsp3) is 0.400. The van der Waals surface area contributed by atoms with Crippen LogP contribution in [0.1, 0.15) is 31.9 Å². The number of hydrogen-bond acceptors (Lipinski definition) is 5. The summed E-state index contributed by atoms with van der Waals surface area (Å²) >= 11 is 0. The van der Waals surface area contributed by atoms with Crippen LogP contribution in [-0.4, -0.2) is 20.7 Å². The van der Waals surface area contributed by atoms with E-state index in [-0.39, 0.29) is 5.54 Å². The number of nitrogens with zero attached hydrogens (tertiary/aromatic N) is 3. The smallest absolute Gasteiger partial charge is 0.244 e. The Balaban J connectivity index is 2.01. The van der Waals surface area contributed by atoms with Crippen LogP contribution >= 0.6 is 0 Å². The van der Waals surface area contributed by atoms with Crippen LogP contribution in [0.2, 0.25) is 0 Å². The molecule has 0 aliphatic rings. The Morgan fingerprint density at radius 2 is 2.00 bits per heavy atom. The van der Waals surface area contributed by atoms with Crippen molar-refractivity contribution in [3.05, 3.63) is 41.6 Å². The van der Waals surface area contributed by atoms with E-state index < -0.39 is 0 Å². The van der Waals surface area contributed by atoms with E-state index in [2.05, 4.69) is 71.7 Å². The maximum atomic E-state index is 4.40. The molecular formula is C15H21N5. The molecule has 0 aliphatic heterocycles. The van der Waals surface area contributed by atoms with Crippen LogP contribution in [0.4, 0.5) is 11.8 Å². The highest BCUT2D eigenvalue weighted by Gasteiger charge is 2.11. The van der Waals surface area contributed by atoms with Crippen molar-refractivity contribution in [2.75, 3.05) is 10.6 Å². The molecule has 1 heterocycles. The second-order valence-corrected chi connectivity index (χ2v) is 5.88. The monoisotopic (exact) mass is 271 g/mol. The molecule has 2 aromatic rings. The molecule has 106 valence electrons. The molecular weight excluding hydrogens is 250 g/mol. The minimum Gasteiger partial charge on any atom is -0.364 e. The van der Waals surface area contributed by atoms with Gasteiger partial charge in [0.25, 0.3) is 0 Å². The summed E-state index contributed by atoms with van der Waals surface area (Å²) in [7, 11) is 0. The average molecular weight is 271 g/mol. The van der Waals surface area contributed by atoms with Gasteiger partial charge in [0, 0.05) is 12.1 Å². The zero-order valence-corrected chi connectivity index (χ0v) is 12.4. The molecule has 0 spiro atoms. The molecule has 0 radical (unpaired) electrons. The molecule has 0 unspecified atom stereocenters. The van der Waals surface area contributed by atoms with Crippen molar-refractivity contribution in [2.24, 2.45) is 0 Å². The zero-order valence-electron chi connectivity index (χ0n) is 12.4. The Morgan fingerprint density at radius 1 is 1.20 bits per heavy atom. The Morgan fingerprint density at radius 3 is 2.70 bits per heavy atom. The zero-order chi connectivity index (χ0) is 14.6. The molecule has 0 fully saturated rings. The van der Waals surface area contributed by atoms with Crippen LogP contribution in [0.25, 0.3) is 0 Å². The van der Waals surface area contributed by atoms with E-state index in [1.807, 2.05) is 6.07 Å². The summed E-state index contributed by atoms with van der Waals surface area (Å²) in [4.78, 5) is 4.40. The summed E-state index contributed by atoms with van der Waals surface area (Å²) in [6, 6.07) is 8.33. The first-order valence-electron chi connectivity index (χ1n) is 6.70. The van der Waals surface area contributed by atoms with Crippen molar-refractivity contribution in [2.45, 2.75) is 39.8 Å². The van der Waals surface area contributed by atoms with Crippen molar-refractivity contribution in [3.63, 3.8) is 0 Å². The number of nitrogens with one attached hydrogen (secondary N) is 2. The number of rotatable bonds is 4. The van der Waals surface area contributed by atoms with Gasteiger partial charge in [-0.3, -0.25) is 0 Å². The highest BCUT2D eigenvalue weighted by atomic mass is 15.3. The third kappa shape index (κ3) is 4.50. The summed E-state index contributed by atoms with van der Waals surface area (Å²) in [5.41, 5.74) is 2.39. The van der Waals surface area contributed by atoms with E-state index in [9.17, 15) is 0 Å². The number of hydrogen-bond donors (Lipinski definition) is 2. The normalized spacial score (nSPS) is 11.2. The Kier molecular flexibility index (Phi) is 4.17. The minimum absolute atomic E-state index is 0.0517. The first kappa shape index (κ1) is 14.2. The number of aryl methyl sites for hydroxylation is 1. The van der Waals surface area contributed by atoms with Gasteiger partial charge >= 0.3 is 0 Å². The molecule has 2 rings (SSSR count). The average Bonchev–Trinajstić information content (AvgIpc) is 2.35. The van der Waals surface area contributed by atoms with Gasteiger partial charge in [0.2, 0.25) is 5.95 Å². The van der Waals surface area contributed by atoms with Gasteiger partial charge in [0.15, 0.2) is 5.82 Å². The number of aromatic nitrogens is 3. The van der Waals surface area contributed by atoms with Crippen molar-refractivity contribution in [1.82, 2.24) is 15.2 Å². The topological polar surface area (TPSA) is 62.7 Å². The van der Waals surface area contributed by atoms with Crippen LogP contribution in [0, 0.1) is 6.92 Å². The van der Waals surface area contributed by atoms with Crippen LogP contribution in [0.3, 0.4) is 0 Å². The largest absolute Gasteiger partial charge is 0.364 e. The quantitative estimate of drug-likeness (QED) is 0.895. The van der Waals surface area contributed by atoms with E-state index in [1.165, 1.54) is 11.1 Å². The lowest BCUT2D eigenvalue weighted by molar-refractivity contribution is 0.629. The SMILES string of the molecule is Cc1cccc(CNc2nncc(NC(C)(C)C)n2)c1. The molecule has 1 aromatic carbocycles. The maximum Gasteiger partial charge on any atom is 0.244 e. The molecule has 0 atom stereocenters. The molecule has 0 saturated carbocycles. The van der Waals surface area contributed by atoms with Crippen molar-refractivity contribution < 1.29 is 0 Å². The van der Waals surface area contributed by atoms with Crippen molar-refractivity contribution >= 4 is 11.8 Å². The van der Waals surface area contributed by atoms with Gasteiger partial charge in [-0.05, 0) is 33.3 Å². The summed E-state index contributed by atoms with van der Waals surface area (Å²) in [6.45, 7) is 9.00. The van der Waals surface area contributed by atoms with Crippen LogP contribution < -0.4 is 10.6 Å². The Hall–Kier alpha value is -2.17. The third-order valence-corrected chi connectivity index (χ3v) is 2.60. The van der Waals surface area contributed by atoms with Crippen LogP contribution in [0.15, 0.2) is 30.5 Å². The predicted molar refractivity (Wildman–Crippen MR) is 81.7 cm³/mol. The Bertz CT molecular complexity index is 574. The lowest BCUT2D eigenvalue weighted by Crippen LogP contribution is -2.27. The van der Waals surface area contributed by atoms with Crippen molar-refractivity contribution in [1.29, 1.82) is 0 Å². The van der Waals surface area contributed by atoms with Crippen LogP contribution in [-0.2, 0) is 6.54 Å². The summed E-state index contributed by atoms with van der Waals surface area (Å²) in [5, 5.41) is 14.4. The summed E-state index contributed by atoms with van der Waals surface area (Å²) in [5.74, 6) is 1.25. The predicted octanol–water partition coefficient (Wildman–Crippen LogP) is 3.00. The van der Waals surface area contributed by atoms with Gasteiger partial charge in [-0.25, -0.2) is 0 Å². The van der Waals surface area contributed by atoms with Gasteiger partial charge in [-0.15, -0.1) is 5.10 Å². The molecule has 2 N–H and O–H groups in total. The second-order valence-electron chi connectivity index (χ2n) is 5.88. The first-order valence-corrected chi connectivity index (χ1v) is 6.70. The number of anilines is 2. The lowest BCUT2D eigenvalue weighted by atomic mass is 10.1. The highest BCUT2D eigenvalue weighted by Crippen LogP contribution is 2.12. The molecule has 5 nitrogen and oxygen atoms in total. The van der Waals surface area contributed by atoms with Crippen LogP contribution in [0.5, 0.6) is 0 Å². The fourth-order valence-corrected chi connectivity index (χ4v) is 1.83. The highest BCUT2D eigenvalue weighted by molar-refractivity contribution is 5.39. The van der Waals surface area contributed by atoms with E-state index in [0.717, 1.165) is 5.82 Å². The van der Waals surface area contributed by atoms with Crippen molar-refractivity contribution in [3.8, 4) is 0 Å². The molecule has 20 heavy (non-hydrogen) atoms. The molecule has 0 saturated heterocycles. The number of benzene rings is 1. The van der Waals surface area contributed by atoms with Gasteiger partial charge < -0.3 is 10.6 Å². The lowest BCUT2D eigenvalue weighted by Gasteiger charge is -2.20. The molecule has 5 heteroatoms. The van der Waals surface area contributed by atoms with Gasteiger partial charge in [0.1, 0.15) is 0 Å². The minimum atomic E-state index is -0.0517. The van der Waals surface area contributed by atoms with E-state index in [1.54, 1.807) is 6.20 Å². The second kappa shape index (κ2) is 5.86. The Labute approximate surface area is 119 Å². The van der Waals surface area contributed by atoms with Gasteiger partial charge in [0.05, 0.1) is 6.20 Å². The van der Waals surface area contributed by atoms with Gasteiger partial charge in [-0.1, -0.05) is 29.8 Å². The molecule has 0 aliphatic carbocycles. The summed E-state index contributed by atoms with van der Waals surface area (Å²) in [6.07, 6.45) is 1.63. The fourth-order valence-electron chi connectivity index (χ4n) is 1.83. The molecule has 0 amide bonds. The van der Waals surface area contributed by atoms with E-state index >= 15 is 0 Å². The standard InChI is InChI=1S/C15H21N5/c1-11-6-5-7-12(8-11)9-16-14-18-13(10-17-20-14)19-15(2,3)4/h5-8,10H,9H2,1-4H3,(H2,16,18,19,20). The molecule has 0 bridgehead atoms. The van der Waals surface area contributed by atoms with E-state index in [4.69, 9.17) is 0 Å². The first-order chi connectivity index (χ1) is 9.42. The van der Waals surface area contributed by atoms with E-state index in [0.29, 0.717) is 12.5 Å². The van der Waals surface area contributed by atoms with Gasteiger partial charge in [-0.2, -0.15) is 10.1 Å². The molecule has 1 aromatic heterocycles. The maximum absolute atomic E-state index is 4.40. The third-order valence-electron chi connectivity index (χ3n) is 2.60.